The summed E-state index contributed by atoms with van der Waals surface area (Å²) in [5, 5.41) is -1.13. The summed E-state index contributed by atoms with van der Waals surface area (Å²) >= 11 is 0. The second-order valence-electron chi connectivity index (χ2n) is 5.15. The Labute approximate surface area is 95.9 Å². The number of hydrogen-bond donors (Lipinski definition) is 2. The van der Waals surface area contributed by atoms with Crippen molar-refractivity contribution < 1.29 is 18.9 Å². The summed E-state index contributed by atoms with van der Waals surface area (Å²) in [6, 6.07) is 0. The third-order valence-corrected chi connectivity index (χ3v) is 5.64. The van der Waals surface area contributed by atoms with Crippen LogP contribution in [0.4, 0.5) is 0 Å². The summed E-state index contributed by atoms with van der Waals surface area (Å²) < 4.78 is 15.2. The van der Waals surface area contributed by atoms with Crippen LogP contribution in [-0.2, 0) is 17.2 Å². The first kappa shape index (κ1) is 13.4. The Morgan fingerprint density at radius 2 is 1.75 bits per heavy atom. The largest absolute Gasteiger partial charge is 0.335 e. The van der Waals surface area contributed by atoms with Crippen molar-refractivity contribution in [2.24, 2.45) is 7.05 Å². The van der Waals surface area contributed by atoms with Crippen molar-refractivity contribution in [3.63, 3.8) is 0 Å². The van der Waals surface area contributed by atoms with Crippen LogP contribution in [0.15, 0.2) is 18.7 Å². The SMILES string of the molecule is C[n+]1ccn(C(C)(C)C(C)(C)P(=O)(O)O)c1. The van der Waals surface area contributed by atoms with E-state index in [4.69, 9.17) is 0 Å². The van der Waals surface area contributed by atoms with Crippen LogP contribution in [0.3, 0.4) is 0 Å². The van der Waals surface area contributed by atoms with Crippen LogP contribution >= 0.6 is 7.60 Å². The molecule has 0 radical (unpaired) electrons. The molecule has 2 N–H and O–H groups in total. The zero-order valence-corrected chi connectivity index (χ0v) is 11.3. The molecule has 0 aliphatic carbocycles. The lowest BCUT2D eigenvalue weighted by atomic mass is 9.89. The molecular weight excluding hydrogens is 227 g/mol. The molecule has 0 unspecified atom stereocenters. The van der Waals surface area contributed by atoms with Crippen molar-refractivity contribution in [3.05, 3.63) is 18.7 Å². The number of nitrogens with zero attached hydrogens (tertiary/aromatic N) is 2. The van der Waals surface area contributed by atoms with Crippen LogP contribution in [-0.4, -0.2) is 19.5 Å². The molecular formula is C10H20N2O3P+. The lowest BCUT2D eigenvalue weighted by Crippen LogP contribution is -2.47. The molecule has 16 heavy (non-hydrogen) atoms. The van der Waals surface area contributed by atoms with Crippen molar-refractivity contribution in [3.8, 4) is 0 Å². The predicted molar refractivity (Wildman–Crippen MR) is 61.1 cm³/mol. The van der Waals surface area contributed by atoms with Crippen molar-refractivity contribution in [2.75, 3.05) is 0 Å². The zero-order valence-electron chi connectivity index (χ0n) is 10.4. The molecule has 0 bridgehead atoms. The molecule has 0 aliphatic heterocycles. The van der Waals surface area contributed by atoms with E-state index in [1.54, 1.807) is 13.8 Å². The first-order valence-corrected chi connectivity index (χ1v) is 6.71. The topological polar surface area (TPSA) is 66.3 Å². The van der Waals surface area contributed by atoms with Crippen LogP contribution < -0.4 is 4.57 Å². The fourth-order valence-corrected chi connectivity index (χ4v) is 2.28. The minimum Gasteiger partial charge on any atom is -0.324 e. The number of aryl methyl sites for hydroxylation is 1. The van der Waals surface area contributed by atoms with Crippen molar-refractivity contribution >= 4 is 7.60 Å². The number of aromatic nitrogens is 2. The summed E-state index contributed by atoms with van der Waals surface area (Å²) in [5.41, 5.74) is -0.673. The van der Waals surface area contributed by atoms with Gasteiger partial charge in [0.05, 0.1) is 7.05 Å². The predicted octanol–water partition coefficient (Wildman–Crippen LogP) is 1.00. The van der Waals surface area contributed by atoms with Gasteiger partial charge in [-0.15, -0.1) is 0 Å². The Morgan fingerprint density at radius 3 is 2.06 bits per heavy atom. The average molecular weight is 247 g/mol. The third kappa shape index (κ3) is 1.95. The van der Waals surface area contributed by atoms with E-state index in [0.29, 0.717) is 0 Å². The fraction of sp³-hybridized carbons (Fsp3) is 0.700. The van der Waals surface area contributed by atoms with Gasteiger partial charge >= 0.3 is 7.60 Å². The molecule has 5 nitrogen and oxygen atoms in total. The maximum atomic E-state index is 11.6. The molecule has 1 aromatic heterocycles. The highest BCUT2D eigenvalue weighted by molar-refractivity contribution is 7.53. The smallest absolute Gasteiger partial charge is 0.324 e. The summed E-state index contributed by atoms with van der Waals surface area (Å²) in [6.45, 7) is 6.83. The number of rotatable bonds is 3. The van der Waals surface area contributed by atoms with Gasteiger partial charge in [-0.25, -0.2) is 9.13 Å². The molecule has 1 heterocycles. The number of imidazole rings is 1. The third-order valence-electron chi connectivity index (χ3n) is 3.64. The normalized spacial score (nSPS) is 14.2. The maximum absolute atomic E-state index is 11.6. The standard InChI is InChI=1S/C10H19N2O3P/c1-9(2,10(3,4)16(13,14)15)12-7-6-11(5)8-12/h6-8H,1-5H3,(H-,13,14,15)/p+1. The molecule has 0 amide bonds. The zero-order chi connectivity index (χ0) is 12.8. The monoisotopic (exact) mass is 247 g/mol. The molecule has 0 aromatic carbocycles. The van der Waals surface area contributed by atoms with E-state index in [-0.39, 0.29) is 0 Å². The van der Waals surface area contributed by atoms with E-state index in [0.717, 1.165) is 0 Å². The van der Waals surface area contributed by atoms with E-state index < -0.39 is 18.3 Å². The van der Waals surface area contributed by atoms with Crippen LogP contribution in [0.2, 0.25) is 0 Å². The molecule has 6 heteroatoms. The van der Waals surface area contributed by atoms with Gasteiger partial charge in [0.1, 0.15) is 23.1 Å². The molecule has 0 saturated heterocycles. The van der Waals surface area contributed by atoms with Gasteiger partial charge in [0.25, 0.3) is 0 Å². The van der Waals surface area contributed by atoms with Crippen molar-refractivity contribution in [1.29, 1.82) is 0 Å². The lowest BCUT2D eigenvalue weighted by Gasteiger charge is -2.38. The summed E-state index contributed by atoms with van der Waals surface area (Å²) in [7, 11) is -2.30. The van der Waals surface area contributed by atoms with Gasteiger partial charge in [-0.1, -0.05) is 0 Å². The van der Waals surface area contributed by atoms with E-state index >= 15 is 0 Å². The quantitative estimate of drug-likeness (QED) is 0.618. The first-order chi connectivity index (χ1) is 7.00. The summed E-state index contributed by atoms with van der Waals surface area (Å²) in [6.07, 6.45) is 5.48. The van der Waals surface area contributed by atoms with E-state index in [1.165, 1.54) is 0 Å². The average Bonchev–Trinajstić information content (AvgIpc) is 2.49. The van der Waals surface area contributed by atoms with Gasteiger partial charge in [-0.3, -0.25) is 4.57 Å². The Morgan fingerprint density at radius 1 is 1.25 bits per heavy atom. The second-order valence-corrected chi connectivity index (χ2v) is 7.35. The number of hydrogen-bond acceptors (Lipinski definition) is 1. The molecule has 1 rings (SSSR count). The minimum absolute atomic E-state index is 0.673. The molecule has 0 atom stereocenters. The lowest BCUT2D eigenvalue weighted by molar-refractivity contribution is -0.671. The molecule has 92 valence electrons. The Hall–Kier alpha value is -0.640. The Bertz CT molecular complexity index is 431. The van der Waals surface area contributed by atoms with Gasteiger partial charge in [0, 0.05) is 0 Å². The van der Waals surface area contributed by atoms with Crippen molar-refractivity contribution in [1.82, 2.24) is 4.57 Å². The van der Waals surface area contributed by atoms with Crippen LogP contribution in [0, 0.1) is 0 Å². The molecule has 0 spiro atoms. The minimum atomic E-state index is -4.18. The van der Waals surface area contributed by atoms with E-state index in [2.05, 4.69) is 0 Å². The second kappa shape index (κ2) is 3.69. The van der Waals surface area contributed by atoms with Gasteiger partial charge in [0.2, 0.25) is 6.33 Å². The van der Waals surface area contributed by atoms with Gasteiger partial charge in [-0.2, -0.15) is 0 Å². The highest BCUT2D eigenvalue weighted by atomic mass is 31.2. The van der Waals surface area contributed by atoms with Gasteiger partial charge < -0.3 is 9.79 Å². The Kier molecular flexibility index (Phi) is 3.10. The van der Waals surface area contributed by atoms with E-state index in [9.17, 15) is 14.4 Å². The van der Waals surface area contributed by atoms with Crippen LogP contribution in [0.1, 0.15) is 27.7 Å². The van der Waals surface area contributed by atoms with Crippen LogP contribution in [0.5, 0.6) is 0 Å². The highest BCUT2D eigenvalue weighted by Crippen LogP contribution is 2.57. The van der Waals surface area contributed by atoms with Crippen molar-refractivity contribution in [2.45, 2.75) is 38.4 Å². The van der Waals surface area contributed by atoms with Gasteiger partial charge in [-0.05, 0) is 27.7 Å². The molecule has 0 saturated carbocycles. The Balaban J connectivity index is 3.26. The molecule has 1 aromatic rings. The summed E-state index contributed by atoms with van der Waals surface area (Å²) in [5.74, 6) is 0. The first-order valence-electron chi connectivity index (χ1n) is 5.09. The fourth-order valence-electron chi connectivity index (χ4n) is 1.45. The highest BCUT2D eigenvalue weighted by Gasteiger charge is 2.54. The van der Waals surface area contributed by atoms with Crippen LogP contribution in [0.25, 0.3) is 0 Å². The summed E-state index contributed by atoms with van der Waals surface area (Å²) in [4.78, 5) is 18.9. The maximum Gasteiger partial charge on any atom is 0.335 e. The van der Waals surface area contributed by atoms with Gasteiger partial charge in [0.15, 0.2) is 0 Å². The van der Waals surface area contributed by atoms with E-state index in [1.807, 2.05) is 48.8 Å². The molecule has 0 fully saturated rings. The molecule has 0 aliphatic rings.